The first-order chi connectivity index (χ1) is 12.8. The summed E-state index contributed by atoms with van der Waals surface area (Å²) in [7, 11) is -4.29. The van der Waals surface area contributed by atoms with Crippen molar-refractivity contribution in [1.82, 2.24) is 0 Å². The molecule has 2 aromatic rings. The standard InChI is InChI=1S/C18H19NO7S/c1-2-25-18(20)17(13-8-14-6-4-3-5-7-14)26-27(23,24)16-11-9-15(10-12-16)19(21)22/h3-7,9-12,17H,2,8,13H2,1H3. The molecule has 9 heteroatoms. The van der Waals surface area contributed by atoms with E-state index in [4.69, 9.17) is 8.92 Å². The minimum atomic E-state index is -4.29. The van der Waals surface area contributed by atoms with Gasteiger partial charge < -0.3 is 4.74 Å². The lowest BCUT2D eigenvalue weighted by atomic mass is 10.1. The van der Waals surface area contributed by atoms with E-state index in [1.165, 1.54) is 0 Å². The van der Waals surface area contributed by atoms with Crippen LogP contribution in [0, 0.1) is 10.1 Å². The smallest absolute Gasteiger partial charge is 0.336 e. The summed E-state index contributed by atoms with van der Waals surface area (Å²) in [4.78, 5) is 21.9. The predicted molar refractivity (Wildman–Crippen MR) is 96.6 cm³/mol. The molecule has 1 unspecified atom stereocenters. The number of benzene rings is 2. The molecule has 2 rings (SSSR count). The Bertz CT molecular complexity index is 880. The average molecular weight is 393 g/mol. The molecule has 0 aromatic heterocycles. The van der Waals surface area contributed by atoms with Crippen LogP contribution in [0.3, 0.4) is 0 Å². The van der Waals surface area contributed by atoms with Gasteiger partial charge >= 0.3 is 5.97 Å². The van der Waals surface area contributed by atoms with Crippen LogP contribution < -0.4 is 0 Å². The number of carbonyl (C=O) groups is 1. The van der Waals surface area contributed by atoms with Gasteiger partial charge in [-0.3, -0.25) is 14.3 Å². The fourth-order valence-electron chi connectivity index (χ4n) is 2.33. The van der Waals surface area contributed by atoms with Crippen molar-refractivity contribution in [2.75, 3.05) is 6.61 Å². The summed E-state index contributed by atoms with van der Waals surface area (Å²) in [5.41, 5.74) is 0.670. The van der Waals surface area contributed by atoms with E-state index in [1.807, 2.05) is 30.3 Å². The number of aryl methyl sites for hydroxylation is 1. The van der Waals surface area contributed by atoms with E-state index >= 15 is 0 Å². The Morgan fingerprint density at radius 3 is 2.30 bits per heavy atom. The van der Waals surface area contributed by atoms with Crippen LogP contribution in [0.25, 0.3) is 0 Å². The highest BCUT2D eigenvalue weighted by Crippen LogP contribution is 2.21. The summed E-state index contributed by atoms with van der Waals surface area (Å²) in [6.07, 6.45) is -0.792. The summed E-state index contributed by atoms with van der Waals surface area (Å²) in [5, 5.41) is 10.7. The Kier molecular flexibility index (Phi) is 7.03. The maximum atomic E-state index is 12.4. The van der Waals surface area contributed by atoms with Crippen molar-refractivity contribution >= 4 is 21.8 Å². The number of nitro benzene ring substituents is 1. The van der Waals surface area contributed by atoms with Crippen LogP contribution in [-0.4, -0.2) is 32.0 Å². The summed E-state index contributed by atoms with van der Waals surface area (Å²) < 4.78 is 34.9. The molecule has 27 heavy (non-hydrogen) atoms. The molecule has 0 fully saturated rings. The molecule has 8 nitrogen and oxygen atoms in total. The quantitative estimate of drug-likeness (QED) is 0.279. The monoisotopic (exact) mass is 393 g/mol. The zero-order valence-electron chi connectivity index (χ0n) is 14.6. The molecule has 144 valence electrons. The van der Waals surface area contributed by atoms with Crippen molar-refractivity contribution in [2.45, 2.75) is 30.8 Å². The van der Waals surface area contributed by atoms with Gasteiger partial charge in [-0.2, -0.15) is 8.42 Å². The third-order valence-electron chi connectivity index (χ3n) is 3.67. The molecule has 0 bridgehead atoms. The Morgan fingerprint density at radius 2 is 1.74 bits per heavy atom. The molecule has 0 aliphatic heterocycles. The second-order valence-corrected chi connectivity index (χ2v) is 7.14. The lowest BCUT2D eigenvalue weighted by molar-refractivity contribution is -0.384. The van der Waals surface area contributed by atoms with Crippen LogP contribution in [0.5, 0.6) is 0 Å². The van der Waals surface area contributed by atoms with Gasteiger partial charge in [0.1, 0.15) is 0 Å². The van der Waals surface area contributed by atoms with Crippen molar-refractivity contribution in [3.05, 3.63) is 70.3 Å². The minimum Gasteiger partial charge on any atom is -0.464 e. The normalized spacial score (nSPS) is 12.3. The summed E-state index contributed by atoms with van der Waals surface area (Å²) >= 11 is 0. The number of hydrogen-bond donors (Lipinski definition) is 0. The first-order valence-electron chi connectivity index (χ1n) is 8.22. The number of ether oxygens (including phenoxy) is 1. The molecule has 0 amide bonds. The molecule has 0 saturated heterocycles. The SMILES string of the molecule is CCOC(=O)C(CCc1ccccc1)OS(=O)(=O)c1ccc([N+](=O)[O-])cc1. The van der Waals surface area contributed by atoms with Gasteiger partial charge in [0.15, 0.2) is 6.10 Å². The number of nitrogens with zero attached hydrogens (tertiary/aromatic N) is 1. The third kappa shape index (κ3) is 5.87. The van der Waals surface area contributed by atoms with Crippen LogP contribution >= 0.6 is 0 Å². The second kappa shape index (κ2) is 9.24. The number of nitro groups is 1. The number of carbonyl (C=O) groups excluding carboxylic acids is 1. The fourth-order valence-corrected chi connectivity index (χ4v) is 3.39. The van der Waals surface area contributed by atoms with Gasteiger partial charge in [0, 0.05) is 12.1 Å². The highest BCUT2D eigenvalue weighted by atomic mass is 32.2. The van der Waals surface area contributed by atoms with E-state index in [1.54, 1.807) is 6.92 Å². The summed E-state index contributed by atoms with van der Waals surface area (Å²) in [5.74, 6) is -0.779. The Morgan fingerprint density at radius 1 is 1.11 bits per heavy atom. The maximum absolute atomic E-state index is 12.4. The van der Waals surface area contributed by atoms with Crippen molar-refractivity contribution in [3.63, 3.8) is 0 Å². The minimum absolute atomic E-state index is 0.0849. The largest absolute Gasteiger partial charge is 0.464 e. The van der Waals surface area contributed by atoms with E-state index < -0.39 is 27.1 Å². The van der Waals surface area contributed by atoms with Gasteiger partial charge in [-0.25, -0.2) is 4.79 Å². The molecular weight excluding hydrogens is 374 g/mol. The van der Waals surface area contributed by atoms with Crippen molar-refractivity contribution in [2.24, 2.45) is 0 Å². The van der Waals surface area contributed by atoms with E-state index in [0.717, 1.165) is 29.8 Å². The van der Waals surface area contributed by atoms with Crippen LogP contribution in [0.4, 0.5) is 5.69 Å². The van der Waals surface area contributed by atoms with Crippen LogP contribution in [0.2, 0.25) is 0 Å². The van der Waals surface area contributed by atoms with Gasteiger partial charge in [0.25, 0.3) is 15.8 Å². The molecule has 0 radical (unpaired) electrons. The molecule has 1 atom stereocenters. The molecule has 0 saturated carbocycles. The molecule has 0 spiro atoms. The molecule has 0 aliphatic carbocycles. The lowest BCUT2D eigenvalue weighted by Crippen LogP contribution is -2.30. The number of hydrogen-bond acceptors (Lipinski definition) is 7. The van der Waals surface area contributed by atoms with Gasteiger partial charge in [-0.05, 0) is 37.5 Å². The number of rotatable bonds is 9. The van der Waals surface area contributed by atoms with Gasteiger partial charge in [0.2, 0.25) is 0 Å². The number of non-ortho nitro benzene ring substituents is 1. The Labute approximate surface area is 157 Å². The van der Waals surface area contributed by atoms with Crippen molar-refractivity contribution in [1.29, 1.82) is 0 Å². The van der Waals surface area contributed by atoms with E-state index in [9.17, 15) is 23.3 Å². The Hall–Kier alpha value is -2.78. The van der Waals surface area contributed by atoms with Crippen LogP contribution in [0.1, 0.15) is 18.9 Å². The highest BCUT2D eigenvalue weighted by Gasteiger charge is 2.29. The lowest BCUT2D eigenvalue weighted by Gasteiger charge is -2.16. The molecule has 2 aromatic carbocycles. The molecule has 0 heterocycles. The van der Waals surface area contributed by atoms with E-state index in [-0.39, 0.29) is 23.6 Å². The maximum Gasteiger partial charge on any atom is 0.336 e. The van der Waals surface area contributed by atoms with Gasteiger partial charge in [0.05, 0.1) is 16.4 Å². The first-order valence-corrected chi connectivity index (χ1v) is 9.62. The van der Waals surface area contributed by atoms with Crippen molar-refractivity contribution in [3.8, 4) is 0 Å². The van der Waals surface area contributed by atoms with E-state index in [0.29, 0.717) is 6.42 Å². The molecule has 0 aliphatic rings. The number of esters is 1. The third-order valence-corrected chi connectivity index (χ3v) is 5.00. The van der Waals surface area contributed by atoms with Crippen LogP contribution in [-0.2, 0) is 30.3 Å². The topological polar surface area (TPSA) is 113 Å². The fraction of sp³-hybridized carbons (Fsp3) is 0.278. The molecular formula is C18H19NO7S. The second-order valence-electron chi connectivity index (χ2n) is 5.57. The first kappa shape index (κ1) is 20.5. The Balaban J connectivity index is 2.16. The zero-order chi connectivity index (χ0) is 19.9. The average Bonchev–Trinajstić information content (AvgIpc) is 2.66. The summed E-state index contributed by atoms with van der Waals surface area (Å²) in [6, 6.07) is 13.5. The van der Waals surface area contributed by atoms with Crippen LogP contribution in [0.15, 0.2) is 59.5 Å². The van der Waals surface area contributed by atoms with Crippen molar-refractivity contribution < 1.29 is 27.1 Å². The summed E-state index contributed by atoms with van der Waals surface area (Å²) in [6.45, 7) is 1.69. The van der Waals surface area contributed by atoms with Gasteiger partial charge in [-0.1, -0.05) is 30.3 Å². The zero-order valence-corrected chi connectivity index (χ0v) is 15.4. The van der Waals surface area contributed by atoms with E-state index in [2.05, 4.69) is 0 Å². The highest BCUT2D eigenvalue weighted by molar-refractivity contribution is 7.86. The molecule has 0 N–H and O–H groups in total. The van der Waals surface area contributed by atoms with Gasteiger partial charge in [-0.15, -0.1) is 0 Å². The predicted octanol–water partition coefficient (Wildman–Crippen LogP) is 2.86.